The first kappa shape index (κ1) is 17.7. The molecule has 0 spiro atoms. The number of hydrogen-bond donors (Lipinski definition) is 1. The van der Waals surface area contributed by atoms with E-state index in [2.05, 4.69) is 43.1 Å². The fourth-order valence-corrected chi connectivity index (χ4v) is 4.37. The first-order valence-electron chi connectivity index (χ1n) is 8.63. The predicted octanol–water partition coefficient (Wildman–Crippen LogP) is 2.91. The molecule has 1 amide bonds. The summed E-state index contributed by atoms with van der Waals surface area (Å²) in [4.78, 5) is 17.5. The van der Waals surface area contributed by atoms with Crippen LogP contribution in [-0.2, 0) is 17.6 Å². The zero-order valence-corrected chi connectivity index (χ0v) is 16.4. The molecule has 1 N–H and O–H groups in total. The van der Waals surface area contributed by atoms with Crippen molar-refractivity contribution >= 4 is 33.5 Å². The second-order valence-corrected chi connectivity index (χ2v) is 7.95. The standard InChI is InChI=1S/C18H18N6OS2/c1-12-21-22-18-24(12)23-16(27-18)8-7-15(25)19-10-9-14-11-26-17(20-14)13-5-3-2-4-6-13/h2-6,11H,7-10H2,1H3,(H,19,25). The molecule has 0 saturated heterocycles. The lowest BCUT2D eigenvalue weighted by Gasteiger charge is -2.02. The first-order valence-corrected chi connectivity index (χ1v) is 10.3. The van der Waals surface area contributed by atoms with Gasteiger partial charge in [-0.2, -0.15) is 9.61 Å². The summed E-state index contributed by atoms with van der Waals surface area (Å²) in [6, 6.07) is 10.1. The van der Waals surface area contributed by atoms with Crippen molar-refractivity contribution in [2.24, 2.45) is 0 Å². The van der Waals surface area contributed by atoms with Crippen molar-refractivity contribution in [2.75, 3.05) is 6.54 Å². The van der Waals surface area contributed by atoms with Crippen LogP contribution in [0.5, 0.6) is 0 Å². The summed E-state index contributed by atoms with van der Waals surface area (Å²) in [5.41, 5.74) is 2.13. The molecule has 0 aliphatic heterocycles. The number of benzene rings is 1. The summed E-state index contributed by atoms with van der Waals surface area (Å²) < 4.78 is 1.71. The van der Waals surface area contributed by atoms with Crippen LogP contribution in [0.2, 0.25) is 0 Å². The van der Waals surface area contributed by atoms with Crippen LogP contribution in [0, 0.1) is 6.92 Å². The van der Waals surface area contributed by atoms with Crippen LogP contribution in [-0.4, -0.2) is 37.2 Å². The third-order valence-electron chi connectivity index (χ3n) is 4.03. The largest absolute Gasteiger partial charge is 0.356 e. The van der Waals surface area contributed by atoms with Crippen molar-refractivity contribution in [3.05, 3.63) is 52.2 Å². The van der Waals surface area contributed by atoms with E-state index in [1.807, 2.05) is 25.1 Å². The molecule has 4 rings (SSSR count). The number of carbonyl (C=O) groups excluding carboxylic acids is 1. The molecule has 1 aromatic carbocycles. The van der Waals surface area contributed by atoms with Gasteiger partial charge >= 0.3 is 0 Å². The number of aromatic nitrogens is 5. The van der Waals surface area contributed by atoms with Crippen LogP contribution >= 0.6 is 22.7 Å². The van der Waals surface area contributed by atoms with Crippen molar-refractivity contribution in [2.45, 2.75) is 26.2 Å². The minimum absolute atomic E-state index is 0.0243. The molecular formula is C18H18N6OS2. The van der Waals surface area contributed by atoms with Crippen molar-refractivity contribution in [1.29, 1.82) is 0 Å². The average molecular weight is 399 g/mol. The van der Waals surface area contributed by atoms with Gasteiger partial charge in [0, 0.05) is 36.8 Å². The van der Waals surface area contributed by atoms with Gasteiger partial charge in [0.15, 0.2) is 5.82 Å². The molecule has 3 aromatic heterocycles. The summed E-state index contributed by atoms with van der Waals surface area (Å²) in [5, 5.41) is 19.3. The van der Waals surface area contributed by atoms with Crippen LogP contribution < -0.4 is 5.32 Å². The van der Waals surface area contributed by atoms with E-state index in [1.54, 1.807) is 15.9 Å². The molecule has 0 bridgehead atoms. The number of thiazole rings is 1. The van der Waals surface area contributed by atoms with E-state index in [0.29, 0.717) is 19.4 Å². The molecule has 9 heteroatoms. The number of carbonyl (C=O) groups is 1. The molecule has 3 heterocycles. The number of fused-ring (bicyclic) bond motifs is 1. The summed E-state index contributed by atoms with van der Waals surface area (Å²) >= 11 is 3.10. The zero-order chi connectivity index (χ0) is 18.6. The highest BCUT2D eigenvalue weighted by Gasteiger charge is 2.10. The maximum absolute atomic E-state index is 12.1. The van der Waals surface area contributed by atoms with Crippen LogP contribution in [0.3, 0.4) is 0 Å². The van der Waals surface area contributed by atoms with Crippen LogP contribution in [0.4, 0.5) is 0 Å². The lowest BCUT2D eigenvalue weighted by atomic mass is 10.2. The topological polar surface area (TPSA) is 85.1 Å². The van der Waals surface area contributed by atoms with E-state index >= 15 is 0 Å². The number of aryl methyl sites for hydroxylation is 2. The monoisotopic (exact) mass is 398 g/mol. The Kier molecular flexibility index (Phi) is 5.21. The summed E-state index contributed by atoms with van der Waals surface area (Å²) in [5.74, 6) is 0.784. The Morgan fingerprint density at radius 3 is 2.85 bits per heavy atom. The molecule has 0 unspecified atom stereocenters. The third kappa shape index (κ3) is 4.20. The van der Waals surface area contributed by atoms with Crippen LogP contribution in [0.15, 0.2) is 35.7 Å². The van der Waals surface area contributed by atoms with E-state index in [4.69, 9.17) is 0 Å². The summed E-state index contributed by atoms with van der Waals surface area (Å²) in [7, 11) is 0. The minimum Gasteiger partial charge on any atom is -0.356 e. The highest BCUT2D eigenvalue weighted by atomic mass is 32.1. The molecule has 4 aromatic rings. The Balaban J connectivity index is 1.23. The van der Waals surface area contributed by atoms with Crippen molar-refractivity contribution in [3.8, 4) is 10.6 Å². The van der Waals surface area contributed by atoms with E-state index in [-0.39, 0.29) is 5.91 Å². The van der Waals surface area contributed by atoms with E-state index < -0.39 is 0 Å². The van der Waals surface area contributed by atoms with Gasteiger partial charge in [0.2, 0.25) is 10.9 Å². The van der Waals surface area contributed by atoms with Gasteiger partial charge in [-0.3, -0.25) is 4.79 Å². The van der Waals surface area contributed by atoms with E-state index in [1.165, 1.54) is 11.3 Å². The molecule has 0 fully saturated rings. The van der Waals surface area contributed by atoms with Crippen molar-refractivity contribution in [3.63, 3.8) is 0 Å². The summed E-state index contributed by atoms with van der Waals surface area (Å²) in [6.07, 6.45) is 1.74. The normalized spacial score (nSPS) is 11.1. The van der Waals surface area contributed by atoms with Gasteiger partial charge in [-0.15, -0.1) is 21.5 Å². The molecule has 138 valence electrons. The van der Waals surface area contributed by atoms with Crippen molar-refractivity contribution < 1.29 is 4.79 Å². The number of amides is 1. The Labute approximate surface area is 164 Å². The number of nitrogens with one attached hydrogen (secondary N) is 1. The smallest absolute Gasteiger partial charge is 0.234 e. The van der Waals surface area contributed by atoms with Gasteiger partial charge < -0.3 is 5.32 Å². The number of rotatable bonds is 7. The Hall–Kier alpha value is -2.65. The van der Waals surface area contributed by atoms with E-state index in [0.717, 1.165) is 38.5 Å². The molecule has 0 aliphatic carbocycles. The fourth-order valence-electron chi connectivity index (χ4n) is 2.63. The second kappa shape index (κ2) is 7.93. The third-order valence-corrected chi connectivity index (χ3v) is 5.93. The van der Waals surface area contributed by atoms with Gasteiger partial charge in [0.05, 0.1) is 5.69 Å². The van der Waals surface area contributed by atoms with Gasteiger partial charge in [0.1, 0.15) is 10.0 Å². The minimum atomic E-state index is 0.0243. The highest BCUT2D eigenvalue weighted by Crippen LogP contribution is 2.23. The Morgan fingerprint density at radius 2 is 2.04 bits per heavy atom. The van der Waals surface area contributed by atoms with Crippen LogP contribution in [0.25, 0.3) is 15.5 Å². The quantitative estimate of drug-likeness (QED) is 0.517. The molecule has 0 atom stereocenters. The molecule has 0 saturated carbocycles. The van der Waals surface area contributed by atoms with E-state index in [9.17, 15) is 4.79 Å². The average Bonchev–Trinajstić information content (AvgIpc) is 3.39. The molecule has 27 heavy (non-hydrogen) atoms. The fraction of sp³-hybridized carbons (Fsp3) is 0.278. The predicted molar refractivity (Wildman–Crippen MR) is 106 cm³/mol. The lowest BCUT2D eigenvalue weighted by Crippen LogP contribution is -2.25. The zero-order valence-electron chi connectivity index (χ0n) is 14.8. The Morgan fingerprint density at radius 1 is 1.19 bits per heavy atom. The SMILES string of the molecule is Cc1nnc2sc(CCC(=O)NCCc3csc(-c4ccccc4)n3)nn12. The first-order chi connectivity index (χ1) is 13.2. The second-order valence-electron chi connectivity index (χ2n) is 6.05. The molecule has 0 radical (unpaired) electrons. The molecule has 0 aliphatic rings. The van der Waals surface area contributed by atoms with Crippen LogP contribution in [0.1, 0.15) is 22.9 Å². The number of nitrogens with zero attached hydrogens (tertiary/aromatic N) is 5. The molecule has 7 nitrogen and oxygen atoms in total. The highest BCUT2D eigenvalue weighted by molar-refractivity contribution is 7.16. The van der Waals surface area contributed by atoms with Gasteiger partial charge in [-0.05, 0) is 6.92 Å². The number of hydrogen-bond acceptors (Lipinski definition) is 7. The van der Waals surface area contributed by atoms with Crippen molar-refractivity contribution in [1.82, 2.24) is 30.1 Å². The maximum atomic E-state index is 12.1. The maximum Gasteiger partial charge on any atom is 0.234 e. The van der Waals surface area contributed by atoms with Gasteiger partial charge in [-0.1, -0.05) is 41.7 Å². The van der Waals surface area contributed by atoms with Gasteiger partial charge in [0.25, 0.3) is 0 Å². The Bertz CT molecular complexity index is 1050. The lowest BCUT2D eigenvalue weighted by molar-refractivity contribution is -0.121. The molecular weight excluding hydrogens is 380 g/mol. The summed E-state index contributed by atoms with van der Waals surface area (Å²) in [6.45, 7) is 2.44. The van der Waals surface area contributed by atoms with Gasteiger partial charge in [-0.25, -0.2) is 4.98 Å².